The minimum absolute atomic E-state index is 0.0508. The number of benzene rings is 1. The third-order valence-electron chi connectivity index (χ3n) is 3.45. The van der Waals surface area contributed by atoms with Gasteiger partial charge in [0.15, 0.2) is 0 Å². The second kappa shape index (κ2) is 4.84. The number of aliphatic hydroxyl groups is 1. The van der Waals surface area contributed by atoms with Crippen molar-refractivity contribution in [3.63, 3.8) is 0 Å². The van der Waals surface area contributed by atoms with E-state index in [-0.39, 0.29) is 6.04 Å². The van der Waals surface area contributed by atoms with Gasteiger partial charge >= 0.3 is 0 Å². The molecule has 17 heavy (non-hydrogen) atoms. The lowest BCUT2D eigenvalue weighted by atomic mass is 9.86. The van der Waals surface area contributed by atoms with Crippen LogP contribution >= 0.6 is 11.6 Å². The monoisotopic (exact) mass is 255 g/mol. The van der Waals surface area contributed by atoms with Gasteiger partial charge in [0, 0.05) is 16.6 Å². The third kappa shape index (κ3) is 2.41. The van der Waals surface area contributed by atoms with E-state index < -0.39 is 5.60 Å². The smallest absolute Gasteiger partial charge is 0.125 e. The molecule has 0 aliphatic carbocycles. The SMILES string of the molecule is COc1ccc(Cl)cc1C(C)(O)C1CCCN1. The maximum absolute atomic E-state index is 10.7. The lowest BCUT2D eigenvalue weighted by Crippen LogP contribution is -2.43. The maximum atomic E-state index is 10.7. The van der Waals surface area contributed by atoms with Crippen molar-refractivity contribution in [3.8, 4) is 5.75 Å². The fourth-order valence-corrected chi connectivity index (χ4v) is 2.60. The van der Waals surface area contributed by atoms with Crippen LogP contribution in [0.15, 0.2) is 18.2 Å². The summed E-state index contributed by atoms with van der Waals surface area (Å²) in [5.74, 6) is 0.674. The Morgan fingerprint density at radius 2 is 2.29 bits per heavy atom. The Hall–Kier alpha value is -0.770. The Kier molecular flexibility index (Phi) is 3.61. The van der Waals surface area contributed by atoms with E-state index in [1.807, 2.05) is 6.92 Å². The molecule has 0 amide bonds. The van der Waals surface area contributed by atoms with Gasteiger partial charge < -0.3 is 15.2 Å². The van der Waals surface area contributed by atoms with Gasteiger partial charge in [0.25, 0.3) is 0 Å². The van der Waals surface area contributed by atoms with E-state index >= 15 is 0 Å². The first-order valence-electron chi connectivity index (χ1n) is 5.85. The predicted molar refractivity (Wildman–Crippen MR) is 68.6 cm³/mol. The number of rotatable bonds is 3. The van der Waals surface area contributed by atoms with Crippen LogP contribution in [0.25, 0.3) is 0 Å². The molecule has 1 saturated heterocycles. The van der Waals surface area contributed by atoms with E-state index in [9.17, 15) is 5.11 Å². The highest BCUT2D eigenvalue weighted by Gasteiger charge is 2.37. The van der Waals surface area contributed by atoms with E-state index in [4.69, 9.17) is 16.3 Å². The van der Waals surface area contributed by atoms with E-state index in [2.05, 4.69) is 5.32 Å². The largest absolute Gasteiger partial charge is 0.496 e. The number of ether oxygens (including phenoxy) is 1. The molecule has 0 aromatic heterocycles. The second-order valence-corrected chi connectivity index (χ2v) is 5.08. The molecule has 0 radical (unpaired) electrons. The molecule has 1 aromatic carbocycles. The van der Waals surface area contributed by atoms with Crippen molar-refractivity contribution in [1.82, 2.24) is 5.32 Å². The molecule has 4 heteroatoms. The van der Waals surface area contributed by atoms with Crippen molar-refractivity contribution >= 4 is 11.6 Å². The first kappa shape index (κ1) is 12.7. The summed E-state index contributed by atoms with van der Waals surface area (Å²) in [6.07, 6.45) is 2.05. The van der Waals surface area contributed by atoms with Gasteiger partial charge in [-0.1, -0.05) is 11.6 Å². The molecule has 2 atom stereocenters. The Morgan fingerprint density at radius 1 is 1.53 bits per heavy atom. The molecule has 2 rings (SSSR count). The summed E-state index contributed by atoms with van der Waals surface area (Å²) in [5, 5.41) is 14.6. The van der Waals surface area contributed by atoms with Gasteiger partial charge in [0.1, 0.15) is 11.4 Å². The number of halogens is 1. The van der Waals surface area contributed by atoms with Crippen LogP contribution in [0.3, 0.4) is 0 Å². The average molecular weight is 256 g/mol. The van der Waals surface area contributed by atoms with Crippen LogP contribution in [0.2, 0.25) is 5.02 Å². The molecule has 0 bridgehead atoms. The van der Waals surface area contributed by atoms with Crippen LogP contribution in [0, 0.1) is 0 Å². The van der Waals surface area contributed by atoms with E-state index in [1.54, 1.807) is 25.3 Å². The molecular weight excluding hydrogens is 238 g/mol. The van der Waals surface area contributed by atoms with Crippen LogP contribution in [0.5, 0.6) is 5.75 Å². The zero-order valence-corrected chi connectivity index (χ0v) is 10.9. The van der Waals surface area contributed by atoms with Gasteiger partial charge in [0.2, 0.25) is 0 Å². The number of hydrogen-bond acceptors (Lipinski definition) is 3. The van der Waals surface area contributed by atoms with Crippen LogP contribution in [0.4, 0.5) is 0 Å². The molecule has 1 heterocycles. The summed E-state index contributed by atoms with van der Waals surface area (Å²) in [4.78, 5) is 0. The Bertz CT molecular complexity index is 400. The Morgan fingerprint density at radius 3 is 2.88 bits per heavy atom. The molecule has 1 aromatic rings. The quantitative estimate of drug-likeness (QED) is 0.871. The number of methoxy groups -OCH3 is 1. The highest BCUT2D eigenvalue weighted by atomic mass is 35.5. The summed E-state index contributed by atoms with van der Waals surface area (Å²) in [7, 11) is 1.60. The standard InChI is InChI=1S/C13H18ClNO2/c1-13(16,12-4-3-7-15-12)10-8-9(14)5-6-11(10)17-2/h5-6,8,12,15-16H,3-4,7H2,1-2H3. The van der Waals surface area contributed by atoms with Gasteiger partial charge in [0.05, 0.1) is 7.11 Å². The van der Waals surface area contributed by atoms with Crippen molar-refractivity contribution in [2.75, 3.05) is 13.7 Å². The molecule has 1 aliphatic rings. The molecule has 0 saturated carbocycles. The predicted octanol–water partition coefficient (Wildman–Crippen LogP) is 2.31. The van der Waals surface area contributed by atoms with Crippen molar-refractivity contribution in [1.29, 1.82) is 0 Å². The average Bonchev–Trinajstić information content (AvgIpc) is 2.83. The van der Waals surface area contributed by atoms with Crippen LogP contribution in [-0.2, 0) is 5.60 Å². The number of hydrogen-bond donors (Lipinski definition) is 2. The lowest BCUT2D eigenvalue weighted by molar-refractivity contribution is 0.0197. The van der Waals surface area contributed by atoms with E-state index in [0.717, 1.165) is 24.9 Å². The molecule has 3 nitrogen and oxygen atoms in total. The van der Waals surface area contributed by atoms with Gasteiger partial charge in [-0.2, -0.15) is 0 Å². The number of nitrogens with one attached hydrogen (secondary N) is 1. The van der Waals surface area contributed by atoms with Crippen LogP contribution < -0.4 is 10.1 Å². The molecule has 2 N–H and O–H groups in total. The third-order valence-corrected chi connectivity index (χ3v) is 3.68. The highest BCUT2D eigenvalue weighted by Crippen LogP contribution is 2.36. The summed E-state index contributed by atoms with van der Waals surface area (Å²) >= 11 is 6.00. The first-order chi connectivity index (χ1) is 8.05. The summed E-state index contributed by atoms with van der Waals surface area (Å²) in [5.41, 5.74) is -0.223. The van der Waals surface area contributed by atoms with E-state index in [0.29, 0.717) is 10.8 Å². The van der Waals surface area contributed by atoms with Crippen molar-refractivity contribution in [3.05, 3.63) is 28.8 Å². The highest BCUT2D eigenvalue weighted by molar-refractivity contribution is 6.30. The molecule has 1 aliphatic heterocycles. The zero-order valence-electron chi connectivity index (χ0n) is 10.2. The van der Waals surface area contributed by atoms with Gasteiger partial charge in [-0.15, -0.1) is 0 Å². The van der Waals surface area contributed by atoms with Crippen LogP contribution in [0.1, 0.15) is 25.3 Å². The summed E-state index contributed by atoms with van der Waals surface area (Å²) in [6.45, 7) is 2.76. The Labute approximate surface area is 107 Å². The summed E-state index contributed by atoms with van der Waals surface area (Å²) < 4.78 is 5.30. The molecule has 2 unspecified atom stereocenters. The maximum Gasteiger partial charge on any atom is 0.125 e. The molecule has 1 fully saturated rings. The van der Waals surface area contributed by atoms with Crippen molar-refractivity contribution in [2.24, 2.45) is 0 Å². The van der Waals surface area contributed by atoms with Crippen LogP contribution in [-0.4, -0.2) is 24.8 Å². The molecule has 94 valence electrons. The fraction of sp³-hybridized carbons (Fsp3) is 0.538. The van der Waals surface area contributed by atoms with Crippen molar-refractivity contribution < 1.29 is 9.84 Å². The Balaban J connectivity index is 2.39. The first-order valence-corrected chi connectivity index (χ1v) is 6.23. The zero-order chi connectivity index (χ0) is 12.5. The summed E-state index contributed by atoms with van der Waals surface area (Å²) in [6, 6.07) is 5.39. The molecular formula is C13H18ClNO2. The minimum atomic E-state index is -0.966. The topological polar surface area (TPSA) is 41.5 Å². The molecule has 0 spiro atoms. The second-order valence-electron chi connectivity index (χ2n) is 4.64. The lowest BCUT2D eigenvalue weighted by Gasteiger charge is -2.32. The van der Waals surface area contributed by atoms with Gasteiger partial charge in [-0.05, 0) is 44.5 Å². The normalized spacial score (nSPS) is 23.4. The van der Waals surface area contributed by atoms with Crippen molar-refractivity contribution in [2.45, 2.75) is 31.4 Å². The van der Waals surface area contributed by atoms with Gasteiger partial charge in [-0.25, -0.2) is 0 Å². The van der Waals surface area contributed by atoms with E-state index in [1.165, 1.54) is 0 Å². The minimum Gasteiger partial charge on any atom is -0.496 e. The fourth-order valence-electron chi connectivity index (χ4n) is 2.43. The van der Waals surface area contributed by atoms with Gasteiger partial charge in [-0.3, -0.25) is 0 Å².